The lowest BCUT2D eigenvalue weighted by atomic mass is 9.74. The van der Waals surface area contributed by atoms with Gasteiger partial charge in [-0.3, -0.25) is 0 Å². The average Bonchev–Trinajstić information content (AvgIpc) is 2.33. The molecule has 0 amide bonds. The molecule has 0 atom stereocenters. The molecule has 1 rings (SSSR count). The van der Waals surface area contributed by atoms with Gasteiger partial charge in [-0.15, -0.1) is 6.58 Å². The molecule has 1 nitrogen and oxygen atoms in total. The monoisotopic (exact) mass is 293 g/mol. The Morgan fingerprint density at radius 3 is 1.86 bits per heavy atom. The summed E-state index contributed by atoms with van der Waals surface area (Å²) in [6.07, 6.45) is 17.2. The van der Waals surface area contributed by atoms with Gasteiger partial charge in [-0.2, -0.15) is 0 Å². The third-order valence-corrected chi connectivity index (χ3v) is 4.80. The first-order valence-electron chi connectivity index (χ1n) is 9.25. The maximum absolute atomic E-state index is 3.79. The summed E-state index contributed by atoms with van der Waals surface area (Å²) < 4.78 is 0. The molecule has 0 spiro atoms. The Hall–Kier alpha value is -0.300. The van der Waals surface area contributed by atoms with E-state index in [9.17, 15) is 0 Å². The Morgan fingerprint density at radius 1 is 0.857 bits per heavy atom. The number of hydrogen-bond acceptors (Lipinski definition) is 1. The van der Waals surface area contributed by atoms with Crippen molar-refractivity contribution in [2.45, 2.75) is 109 Å². The minimum absolute atomic E-state index is 0.317. The summed E-state index contributed by atoms with van der Waals surface area (Å²) in [5.41, 5.74) is 0.634. The summed E-state index contributed by atoms with van der Waals surface area (Å²) in [4.78, 5) is 0. The molecular formula is C20H39N. The van der Waals surface area contributed by atoms with Gasteiger partial charge in [-0.05, 0) is 59.3 Å². The largest absolute Gasteiger partial charge is 0.307 e. The van der Waals surface area contributed by atoms with Crippen LogP contribution in [0.4, 0.5) is 0 Å². The van der Waals surface area contributed by atoms with Crippen molar-refractivity contribution < 1.29 is 0 Å². The molecule has 0 aliphatic carbocycles. The van der Waals surface area contributed by atoms with E-state index in [1.165, 1.54) is 70.6 Å². The van der Waals surface area contributed by atoms with Crippen LogP contribution in [0, 0.1) is 5.92 Å². The van der Waals surface area contributed by atoms with E-state index in [-0.39, 0.29) is 0 Å². The summed E-state index contributed by atoms with van der Waals surface area (Å²) >= 11 is 0. The van der Waals surface area contributed by atoms with Crippen LogP contribution in [0.1, 0.15) is 98.3 Å². The molecule has 0 radical (unpaired) electrons. The van der Waals surface area contributed by atoms with Gasteiger partial charge in [-0.25, -0.2) is 0 Å². The van der Waals surface area contributed by atoms with Crippen LogP contribution in [0.3, 0.4) is 0 Å². The Labute approximate surface area is 134 Å². The van der Waals surface area contributed by atoms with Gasteiger partial charge in [0.2, 0.25) is 0 Å². The molecule has 0 aromatic heterocycles. The highest BCUT2D eigenvalue weighted by molar-refractivity contribution is 4.96. The van der Waals surface area contributed by atoms with Crippen LogP contribution < -0.4 is 5.32 Å². The van der Waals surface area contributed by atoms with Gasteiger partial charge < -0.3 is 5.32 Å². The minimum Gasteiger partial charge on any atom is -0.307 e. The van der Waals surface area contributed by atoms with Crippen molar-refractivity contribution in [3.05, 3.63) is 12.7 Å². The zero-order valence-corrected chi connectivity index (χ0v) is 15.1. The lowest BCUT2D eigenvalue weighted by Gasteiger charge is -2.46. The Bertz CT molecular complexity index is 274. The van der Waals surface area contributed by atoms with Crippen LogP contribution in [0.25, 0.3) is 0 Å². The molecule has 1 fully saturated rings. The number of nitrogens with one attached hydrogen (secondary N) is 1. The lowest BCUT2D eigenvalue weighted by molar-refractivity contribution is 0.122. The fourth-order valence-corrected chi connectivity index (χ4v) is 4.34. The molecule has 0 unspecified atom stereocenters. The fraction of sp³-hybridized carbons (Fsp3) is 0.900. The van der Waals surface area contributed by atoms with Gasteiger partial charge in [0.25, 0.3) is 0 Å². The number of unbranched alkanes of at least 4 members (excludes halogenated alkanes) is 7. The summed E-state index contributed by atoms with van der Waals surface area (Å²) in [6, 6.07) is 0. The van der Waals surface area contributed by atoms with Crippen LogP contribution in [-0.4, -0.2) is 11.1 Å². The maximum atomic E-state index is 3.79. The van der Waals surface area contributed by atoms with Gasteiger partial charge in [0.15, 0.2) is 0 Å². The quantitative estimate of drug-likeness (QED) is 0.371. The molecule has 0 bridgehead atoms. The highest BCUT2D eigenvalue weighted by Crippen LogP contribution is 2.35. The molecule has 1 N–H and O–H groups in total. The van der Waals surface area contributed by atoms with Crippen LogP contribution in [0.15, 0.2) is 12.7 Å². The van der Waals surface area contributed by atoms with E-state index < -0.39 is 0 Å². The third kappa shape index (κ3) is 8.66. The zero-order valence-electron chi connectivity index (χ0n) is 15.1. The van der Waals surface area contributed by atoms with E-state index >= 15 is 0 Å². The zero-order chi connectivity index (χ0) is 15.8. The Balaban J connectivity index is 2.06. The smallest absolute Gasteiger partial charge is 0.0132 e. The standard InChI is InChI=1S/C20H39N/c1-6-7-8-9-10-11-12-13-14-15-18-16-19(2,3)21-20(4,5)17-18/h6,18,21H,1,7-17H2,2-5H3. The van der Waals surface area contributed by atoms with Crippen LogP contribution >= 0.6 is 0 Å². The number of piperidine rings is 1. The molecule has 124 valence electrons. The van der Waals surface area contributed by atoms with Gasteiger partial charge in [0.05, 0.1) is 0 Å². The molecule has 1 heterocycles. The van der Waals surface area contributed by atoms with Gasteiger partial charge in [0.1, 0.15) is 0 Å². The van der Waals surface area contributed by atoms with Crippen molar-refractivity contribution in [1.29, 1.82) is 0 Å². The summed E-state index contributed by atoms with van der Waals surface area (Å²) in [5, 5.41) is 3.79. The van der Waals surface area contributed by atoms with E-state index in [1.807, 2.05) is 6.08 Å². The number of hydrogen-bond donors (Lipinski definition) is 1. The first kappa shape index (κ1) is 18.7. The van der Waals surface area contributed by atoms with Crippen LogP contribution in [-0.2, 0) is 0 Å². The summed E-state index contributed by atoms with van der Waals surface area (Å²) in [7, 11) is 0. The van der Waals surface area contributed by atoms with Crippen LogP contribution in [0.5, 0.6) is 0 Å². The van der Waals surface area contributed by atoms with E-state index in [2.05, 4.69) is 39.6 Å². The normalized spacial score (nSPS) is 21.3. The lowest BCUT2D eigenvalue weighted by Crippen LogP contribution is -2.57. The molecule has 1 aliphatic rings. The minimum atomic E-state index is 0.317. The van der Waals surface area contributed by atoms with E-state index in [1.54, 1.807) is 0 Å². The van der Waals surface area contributed by atoms with Crippen molar-refractivity contribution in [1.82, 2.24) is 5.32 Å². The molecule has 1 aliphatic heterocycles. The molecule has 1 saturated heterocycles. The van der Waals surface area contributed by atoms with Gasteiger partial charge in [-0.1, -0.05) is 51.0 Å². The molecule has 0 aromatic carbocycles. The maximum Gasteiger partial charge on any atom is 0.0132 e. The second kappa shape index (κ2) is 8.98. The average molecular weight is 294 g/mol. The van der Waals surface area contributed by atoms with Crippen LogP contribution in [0.2, 0.25) is 0 Å². The Kier molecular flexibility index (Phi) is 8.02. The summed E-state index contributed by atoms with van der Waals surface area (Å²) in [6.45, 7) is 13.2. The SMILES string of the molecule is C=CCCCCCCCCCC1CC(C)(C)NC(C)(C)C1. The van der Waals surface area contributed by atoms with Crippen molar-refractivity contribution >= 4 is 0 Å². The number of rotatable bonds is 10. The van der Waals surface area contributed by atoms with Gasteiger partial charge >= 0.3 is 0 Å². The van der Waals surface area contributed by atoms with Crippen molar-refractivity contribution in [3.63, 3.8) is 0 Å². The molecule has 21 heavy (non-hydrogen) atoms. The molecular weight excluding hydrogens is 254 g/mol. The highest BCUT2D eigenvalue weighted by atomic mass is 15.0. The predicted molar refractivity (Wildman–Crippen MR) is 95.8 cm³/mol. The first-order valence-corrected chi connectivity index (χ1v) is 9.25. The fourth-order valence-electron chi connectivity index (χ4n) is 4.34. The molecule has 0 aromatic rings. The van der Waals surface area contributed by atoms with Crippen molar-refractivity contribution in [3.8, 4) is 0 Å². The third-order valence-electron chi connectivity index (χ3n) is 4.80. The first-order chi connectivity index (χ1) is 9.85. The Morgan fingerprint density at radius 2 is 1.33 bits per heavy atom. The van der Waals surface area contributed by atoms with Crippen molar-refractivity contribution in [2.24, 2.45) is 5.92 Å². The molecule has 0 saturated carbocycles. The predicted octanol–water partition coefficient (Wildman–Crippen LogP) is 6.24. The van der Waals surface area contributed by atoms with E-state index in [0.29, 0.717) is 11.1 Å². The number of allylic oxidation sites excluding steroid dienone is 1. The molecule has 1 heteroatoms. The van der Waals surface area contributed by atoms with E-state index in [4.69, 9.17) is 0 Å². The second-order valence-electron chi connectivity index (χ2n) is 8.51. The summed E-state index contributed by atoms with van der Waals surface area (Å²) in [5.74, 6) is 0.920. The second-order valence-corrected chi connectivity index (χ2v) is 8.51. The highest BCUT2D eigenvalue weighted by Gasteiger charge is 2.36. The van der Waals surface area contributed by atoms with E-state index in [0.717, 1.165) is 5.92 Å². The topological polar surface area (TPSA) is 12.0 Å². The van der Waals surface area contributed by atoms with Gasteiger partial charge in [0, 0.05) is 11.1 Å². The van der Waals surface area contributed by atoms with Crippen molar-refractivity contribution in [2.75, 3.05) is 0 Å².